The van der Waals surface area contributed by atoms with Crippen LogP contribution in [0.5, 0.6) is 11.5 Å². The van der Waals surface area contributed by atoms with E-state index < -0.39 is 11.6 Å². The standard InChI is InChI=1S/C25H36O4/c1-6-7-8-9-12-24(2,3)17-14-20(26)22-18-13-16(23(27)28)10-11-19(18)25(4,5)29-21(22)15-17/h10,14-15,18-19,26H,6-9,11-13H2,1-5H3,(H,27,28)/t18-,19-/m0/s1. The van der Waals surface area contributed by atoms with Gasteiger partial charge in [-0.15, -0.1) is 0 Å². The monoisotopic (exact) mass is 400 g/mol. The Morgan fingerprint density at radius 3 is 2.62 bits per heavy atom. The molecule has 1 aromatic carbocycles. The summed E-state index contributed by atoms with van der Waals surface area (Å²) in [5.41, 5.74) is 1.85. The molecule has 2 aliphatic rings. The van der Waals surface area contributed by atoms with Crippen LogP contribution in [0.25, 0.3) is 0 Å². The Morgan fingerprint density at radius 2 is 1.97 bits per heavy atom. The lowest BCUT2D eigenvalue weighted by Crippen LogP contribution is -2.46. The highest BCUT2D eigenvalue weighted by atomic mass is 16.5. The number of rotatable bonds is 7. The molecule has 29 heavy (non-hydrogen) atoms. The number of aliphatic carboxylic acids is 1. The Labute approximate surface area is 175 Å². The highest BCUT2D eigenvalue weighted by Gasteiger charge is 2.47. The summed E-state index contributed by atoms with van der Waals surface area (Å²) in [5, 5.41) is 20.5. The number of allylic oxidation sites excluding steroid dienone is 1. The van der Waals surface area contributed by atoms with Gasteiger partial charge >= 0.3 is 5.97 Å². The molecule has 1 aliphatic carbocycles. The van der Waals surface area contributed by atoms with E-state index in [9.17, 15) is 15.0 Å². The van der Waals surface area contributed by atoms with Gasteiger partial charge in [0.1, 0.15) is 17.1 Å². The first-order valence-electron chi connectivity index (χ1n) is 11.1. The Morgan fingerprint density at radius 1 is 1.24 bits per heavy atom. The molecule has 160 valence electrons. The molecule has 0 aromatic heterocycles. The fourth-order valence-corrected chi connectivity index (χ4v) is 5.10. The lowest BCUT2D eigenvalue weighted by atomic mass is 9.66. The van der Waals surface area contributed by atoms with Gasteiger partial charge in [-0.05, 0) is 56.2 Å². The Bertz CT molecular complexity index is 803. The number of benzene rings is 1. The first kappa shape index (κ1) is 21.7. The molecule has 1 heterocycles. The van der Waals surface area contributed by atoms with Gasteiger partial charge in [0.05, 0.1) is 0 Å². The van der Waals surface area contributed by atoms with Crippen LogP contribution in [0.2, 0.25) is 0 Å². The number of unbranched alkanes of at least 4 members (excludes halogenated alkanes) is 3. The van der Waals surface area contributed by atoms with E-state index in [4.69, 9.17) is 4.74 Å². The van der Waals surface area contributed by atoms with Crippen molar-refractivity contribution in [3.63, 3.8) is 0 Å². The fraction of sp³-hybridized carbons (Fsp3) is 0.640. The molecule has 0 bridgehead atoms. The number of carbonyl (C=O) groups is 1. The molecule has 0 radical (unpaired) electrons. The number of aromatic hydroxyl groups is 1. The molecule has 0 unspecified atom stereocenters. The van der Waals surface area contributed by atoms with Crippen LogP contribution in [-0.4, -0.2) is 21.8 Å². The Hall–Kier alpha value is -1.97. The van der Waals surface area contributed by atoms with Gasteiger partial charge in [-0.3, -0.25) is 0 Å². The molecule has 0 saturated carbocycles. The summed E-state index contributed by atoms with van der Waals surface area (Å²) in [6.07, 6.45) is 8.85. The average molecular weight is 401 g/mol. The van der Waals surface area contributed by atoms with Crippen molar-refractivity contribution in [2.45, 2.75) is 96.5 Å². The smallest absolute Gasteiger partial charge is 0.331 e. The summed E-state index contributed by atoms with van der Waals surface area (Å²) in [7, 11) is 0. The molecule has 4 nitrogen and oxygen atoms in total. The molecule has 4 heteroatoms. The van der Waals surface area contributed by atoms with Crippen molar-refractivity contribution in [3.8, 4) is 11.5 Å². The lowest BCUT2D eigenvalue weighted by Gasteiger charge is -2.47. The Balaban J connectivity index is 1.95. The molecule has 2 N–H and O–H groups in total. The average Bonchev–Trinajstić information content (AvgIpc) is 2.64. The SMILES string of the molecule is CCCCCCC(C)(C)c1cc(O)c2c(c1)OC(C)(C)[C@H]1CC=C(C(=O)O)C[C@H]21. The van der Waals surface area contributed by atoms with Crippen LogP contribution in [0.3, 0.4) is 0 Å². The minimum atomic E-state index is -0.862. The van der Waals surface area contributed by atoms with E-state index in [0.29, 0.717) is 18.4 Å². The van der Waals surface area contributed by atoms with E-state index in [1.54, 1.807) is 0 Å². The van der Waals surface area contributed by atoms with E-state index in [-0.39, 0.29) is 23.0 Å². The third-order valence-electron chi connectivity index (χ3n) is 7.01. The van der Waals surface area contributed by atoms with E-state index >= 15 is 0 Å². The second kappa shape index (κ2) is 8.04. The molecule has 3 rings (SSSR count). The number of fused-ring (bicyclic) bond motifs is 3. The third kappa shape index (κ3) is 4.31. The van der Waals surface area contributed by atoms with E-state index in [0.717, 1.165) is 23.3 Å². The summed E-state index contributed by atoms with van der Waals surface area (Å²) in [6.45, 7) is 10.8. The van der Waals surface area contributed by atoms with Crippen molar-refractivity contribution in [2.75, 3.05) is 0 Å². The van der Waals surface area contributed by atoms with Gasteiger partial charge in [-0.2, -0.15) is 0 Å². The predicted molar refractivity (Wildman–Crippen MR) is 116 cm³/mol. The molecular formula is C25H36O4. The molecule has 0 spiro atoms. The van der Waals surface area contributed by atoms with Gasteiger partial charge in [-0.25, -0.2) is 4.79 Å². The predicted octanol–water partition coefficient (Wildman–Crippen LogP) is 6.32. The summed E-state index contributed by atoms with van der Waals surface area (Å²) >= 11 is 0. The van der Waals surface area contributed by atoms with Crippen molar-refractivity contribution in [1.82, 2.24) is 0 Å². The molecule has 0 fully saturated rings. The van der Waals surface area contributed by atoms with Gasteiger partial charge in [0.25, 0.3) is 0 Å². The number of phenolic OH excluding ortho intramolecular Hbond substituents is 1. The van der Waals surface area contributed by atoms with Crippen LogP contribution < -0.4 is 4.74 Å². The fourth-order valence-electron chi connectivity index (χ4n) is 5.10. The van der Waals surface area contributed by atoms with Gasteiger partial charge in [0.2, 0.25) is 0 Å². The number of ether oxygens (including phenoxy) is 1. The quantitative estimate of drug-likeness (QED) is 0.526. The van der Waals surface area contributed by atoms with Gasteiger partial charge < -0.3 is 14.9 Å². The minimum Gasteiger partial charge on any atom is -0.508 e. The topological polar surface area (TPSA) is 66.8 Å². The lowest BCUT2D eigenvalue weighted by molar-refractivity contribution is -0.133. The molecular weight excluding hydrogens is 364 g/mol. The van der Waals surface area contributed by atoms with Crippen molar-refractivity contribution in [3.05, 3.63) is 34.9 Å². The van der Waals surface area contributed by atoms with Gasteiger partial charge in [0.15, 0.2) is 0 Å². The van der Waals surface area contributed by atoms with Crippen LogP contribution in [0.1, 0.15) is 96.6 Å². The summed E-state index contributed by atoms with van der Waals surface area (Å²) < 4.78 is 6.41. The maximum absolute atomic E-state index is 11.6. The zero-order chi connectivity index (χ0) is 21.4. The third-order valence-corrected chi connectivity index (χ3v) is 7.01. The van der Waals surface area contributed by atoms with Crippen molar-refractivity contribution >= 4 is 5.97 Å². The number of phenols is 1. The molecule has 1 aliphatic heterocycles. The van der Waals surface area contributed by atoms with Crippen LogP contribution in [0.15, 0.2) is 23.8 Å². The highest BCUT2D eigenvalue weighted by molar-refractivity contribution is 5.87. The summed E-state index contributed by atoms with van der Waals surface area (Å²) in [6, 6.07) is 3.97. The second-order valence-corrected chi connectivity index (χ2v) is 9.99. The van der Waals surface area contributed by atoms with Crippen LogP contribution in [0.4, 0.5) is 0 Å². The number of carboxylic acids is 1. The summed E-state index contributed by atoms with van der Waals surface area (Å²) in [4.78, 5) is 11.6. The van der Waals surface area contributed by atoms with Crippen LogP contribution in [0, 0.1) is 5.92 Å². The van der Waals surface area contributed by atoms with E-state index in [1.807, 2.05) is 12.1 Å². The molecule has 0 amide bonds. The molecule has 0 saturated heterocycles. The Kier molecular flexibility index (Phi) is 6.03. The number of hydrogen-bond acceptors (Lipinski definition) is 3. The van der Waals surface area contributed by atoms with Crippen LogP contribution >= 0.6 is 0 Å². The van der Waals surface area contributed by atoms with Gasteiger partial charge in [0, 0.05) is 23.0 Å². The normalized spacial score (nSPS) is 22.9. The van der Waals surface area contributed by atoms with E-state index in [1.165, 1.54) is 25.7 Å². The van der Waals surface area contributed by atoms with Crippen molar-refractivity contribution in [1.29, 1.82) is 0 Å². The number of hydrogen-bond donors (Lipinski definition) is 2. The minimum absolute atomic E-state index is 0.0356. The van der Waals surface area contributed by atoms with Gasteiger partial charge in [-0.1, -0.05) is 52.5 Å². The van der Waals surface area contributed by atoms with Crippen molar-refractivity contribution < 1.29 is 19.7 Å². The first-order chi connectivity index (χ1) is 13.6. The zero-order valence-electron chi connectivity index (χ0n) is 18.5. The zero-order valence-corrected chi connectivity index (χ0v) is 18.5. The summed E-state index contributed by atoms with van der Waals surface area (Å²) in [5.74, 6) is 0.220. The maximum Gasteiger partial charge on any atom is 0.331 e. The first-order valence-corrected chi connectivity index (χ1v) is 11.1. The maximum atomic E-state index is 11.6. The molecule has 2 atom stereocenters. The largest absolute Gasteiger partial charge is 0.508 e. The highest BCUT2D eigenvalue weighted by Crippen LogP contribution is 2.55. The van der Waals surface area contributed by atoms with E-state index in [2.05, 4.69) is 40.7 Å². The number of carboxylic acid groups (broad SMARTS) is 1. The molecule has 1 aromatic rings. The second-order valence-electron chi connectivity index (χ2n) is 9.99. The van der Waals surface area contributed by atoms with Crippen molar-refractivity contribution in [2.24, 2.45) is 5.92 Å². The van der Waals surface area contributed by atoms with Crippen LogP contribution in [-0.2, 0) is 10.2 Å².